The Kier molecular flexibility index (Phi) is 7.95. The molecule has 1 N–H and O–H groups in total. The van der Waals surface area contributed by atoms with Crippen molar-refractivity contribution in [2.45, 2.75) is 16.1 Å². The third-order valence-electron chi connectivity index (χ3n) is 5.78. The normalized spacial score (nSPS) is 15.6. The van der Waals surface area contributed by atoms with Crippen LogP contribution in [0.3, 0.4) is 0 Å². The van der Waals surface area contributed by atoms with Crippen LogP contribution < -0.4 is 4.90 Å². The van der Waals surface area contributed by atoms with Gasteiger partial charge in [0.25, 0.3) is 5.91 Å². The van der Waals surface area contributed by atoms with Crippen LogP contribution in [-0.4, -0.2) is 27.0 Å². The summed E-state index contributed by atoms with van der Waals surface area (Å²) in [5, 5.41) is 20.7. The van der Waals surface area contributed by atoms with Gasteiger partial charge in [-0.15, -0.1) is 10.2 Å². The Morgan fingerprint density at radius 2 is 1.79 bits per heavy atom. The van der Waals surface area contributed by atoms with Crippen LogP contribution in [0.5, 0.6) is 0 Å². The minimum absolute atomic E-state index is 0.0510. The average molecular weight is 581 g/mol. The molecule has 2 heterocycles. The Labute approximate surface area is 237 Å². The minimum Gasteiger partial charge on any atom is -0.503 e. The van der Waals surface area contributed by atoms with Crippen molar-refractivity contribution in [1.82, 2.24) is 10.2 Å². The Balaban J connectivity index is 1.47. The van der Waals surface area contributed by atoms with Crippen LogP contribution in [0.15, 0.2) is 101 Å². The van der Waals surface area contributed by atoms with Crippen LogP contribution in [0.2, 0.25) is 10.0 Å². The largest absolute Gasteiger partial charge is 0.503 e. The standard InChI is InChI=1S/C28H19Cl2N3O3S2/c29-20-11-6-10-18(15-20)24-23(22(34)14-13-17-7-2-1-3-8-17)25(35)26(36)33(24)27-31-32-28(38-27)37-16-19-9-4-5-12-21(19)30/h1-15,24,35H,16H2. The fourth-order valence-electron chi connectivity index (χ4n) is 3.99. The van der Waals surface area contributed by atoms with E-state index in [1.54, 1.807) is 30.3 Å². The van der Waals surface area contributed by atoms with Gasteiger partial charge in [-0.3, -0.25) is 14.5 Å². The summed E-state index contributed by atoms with van der Waals surface area (Å²) in [6.45, 7) is 0. The first-order chi connectivity index (χ1) is 18.4. The molecule has 1 amide bonds. The Bertz CT molecular complexity index is 1570. The molecule has 0 bridgehead atoms. The molecule has 0 fully saturated rings. The third kappa shape index (κ3) is 5.54. The number of allylic oxidation sites excluding steroid dienone is 1. The van der Waals surface area contributed by atoms with Gasteiger partial charge in [-0.25, -0.2) is 0 Å². The lowest BCUT2D eigenvalue weighted by molar-refractivity contribution is -0.117. The smallest absolute Gasteiger partial charge is 0.296 e. The first-order valence-corrected chi connectivity index (χ1v) is 14.0. The zero-order valence-electron chi connectivity index (χ0n) is 19.6. The molecule has 1 unspecified atom stereocenters. The van der Waals surface area contributed by atoms with Gasteiger partial charge < -0.3 is 5.11 Å². The van der Waals surface area contributed by atoms with E-state index in [0.717, 1.165) is 11.1 Å². The minimum atomic E-state index is -0.927. The van der Waals surface area contributed by atoms with E-state index in [9.17, 15) is 14.7 Å². The molecule has 4 aromatic rings. The van der Waals surface area contributed by atoms with Crippen molar-refractivity contribution in [2.75, 3.05) is 4.90 Å². The van der Waals surface area contributed by atoms with E-state index in [0.29, 0.717) is 25.7 Å². The van der Waals surface area contributed by atoms with Gasteiger partial charge in [0.1, 0.15) is 0 Å². The maximum Gasteiger partial charge on any atom is 0.296 e. The summed E-state index contributed by atoms with van der Waals surface area (Å²) in [5.74, 6) is -1.29. The lowest BCUT2D eigenvalue weighted by Gasteiger charge is -2.23. The number of aromatic nitrogens is 2. The number of amides is 1. The summed E-state index contributed by atoms with van der Waals surface area (Å²) < 4.78 is 0.612. The van der Waals surface area contributed by atoms with Gasteiger partial charge in [-0.05, 0) is 41.0 Å². The maximum absolute atomic E-state index is 13.4. The van der Waals surface area contributed by atoms with Gasteiger partial charge in [0.05, 0.1) is 11.6 Å². The molecule has 0 spiro atoms. The summed E-state index contributed by atoms with van der Waals surface area (Å²) in [6, 6.07) is 22.7. The Morgan fingerprint density at radius 3 is 2.55 bits per heavy atom. The molecule has 0 saturated heterocycles. The predicted molar refractivity (Wildman–Crippen MR) is 153 cm³/mol. The first-order valence-electron chi connectivity index (χ1n) is 11.4. The fraction of sp³-hybridized carbons (Fsp3) is 0.0714. The van der Waals surface area contributed by atoms with Crippen LogP contribution in [0.1, 0.15) is 22.7 Å². The number of ketones is 1. The van der Waals surface area contributed by atoms with Crippen LogP contribution in [0, 0.1) is 0 Å². The highest BCUT2D eigenvalue weighted by atomic mass is 35.5. The molecule has 1 aliphatic heterocycles. The first kappa shape index (κ1) is 26.2. The van der Waals surface area contributed by atoms with Gasteiger partial charge in [0.2, 0.25) is 5.13 Å². The monoisotopic (exact) mass is 579 g/mol. The third-order valence-corrected chi connectivity index (χ3v) is 8.48. The van der Waals surface area contributed by atoms with Crippen molar-refractivity contribution in [3.8, 4) is 0 Å². The van der Waals surface area contributed by atoms with Crippen molar-refractivity contribution in [3.63, 3.8) is 0 Å². The summed E-state index contributed by atoms with van der Waals surface area (Å²) in [4.78, 5) is 28.0. The summed E-state index contributed by atoms with van der Waals surface area (Å²) in [5.41, 5.74) is 2.27. The van der Waals surface area contributed by atoms with Gasteiger partial charge in [-0.1, -0.05) is 113 Å². The number of hydrogen-bond donors (Lipinski definition) is 1. The zero-order chi connectivity index (χ0) is 26.6. The number of nitrogens with zero attached hydrogens (tertiary/aromatic N) is 3. The topological polar surface area (TPSA) is 83.4 Å². The van der Waals surface area contributed by atoms with Gasteiger partial charge in [0, 0.05) is 15.8 Å². The van der Waals surface area contributed by atoms with Crippen LogP contribution >= 0.6 is 46.3 Å². The molecule has 6 nitrogen and oxygen atoms in total. The van der Waals surface area contributed by atoms with E-state index in [1.807, 2.05) is 54.6 Å². The lowest BCUT2D eigenvalue weighted by atomic mass is 9.96. The molecule has 0 aliphatic carbocycles. The number of aliphatic hydroxyl groups excluding tert-OH is 1. The number of carbonyl (C=O) groups excluding carboxylic acids is 2. The van der Waals surface area contributed by atoms with Crippen molar-refractivity contribution in [2.24, 2.45) is 0 Å². The second-order valence-electron chi connectivity index (χ2n) is 8.23. The van der Waals surface area contributed by atoms with E-state index < -0.39 is 23.5 Å². The van der Waals surface area contributed by atoms with Gasteiger partial charge in [-0.2, -0.15) is 0 Å². The quantitative estimate of drug-likeness (QED) is 0.134. The number of halogens is 2. The van der Waals surface area contributed by atoms with Crippen molar-refractivity contribution in [3.05, 3.63) is 123 Å². The number of thioether (sulfide) groups is 1. The number of aliphatic hydroxyl groups is 1. The van der Waals surface area contributed by atoms with Crippen molar-refractivity contribution in [1.29, 1.82) is 0 Å². The lowest BCUT2D eigenvalue weighted by Crippen LogP contribution is -2.30. The molecule has 10 heteroatoms. The maximum atomic E-state index is 13.4. The van der Waals surface area contributed by atoms with Crippen LogP contribution in [0.4, 0.5) is 5.13 Å². The van der Waals surface area contributed by atoms with E-state index in [2.05, 4.69) is 10.2 Å². The molecule has 5 rings (SSSR count). The number of hydrogen-bond acceptors (Lipinski definition) is 7. The average Bonchev–Trinajstić information content (AvgIpc) is 3.49. The highest BCUT2D eigenvalue weighted by Gasteiger charge is 2.45. The van der Waals surface area contributed by atoms with E-state index in [4.69, 9.17) is 23.2 Å². The zero-order valence-corrected chi connectivity index (χ0v) is 22.8. The highest BCUT2D eigenvalue weighted by Crippen LogP contribution is 2.43. The second-order valence-corrected chi connectivity index (χ2v) is 11.3. The molecule has 38 heavy (non-hydrogen) atoms. The van der Waals surface area contributed by atoms with E-state index >= 15 is 0 Å². The molecule has 1 atom stereocenters. The molecule has 0 saturated carbocycles. The molecular weight excluding hydrogens is 561 g/mol. The van der Waals surface area contributed by atoms with Crippen LogP contribution in [0.25, 0.3) is 6.08 Å². The number of carbonyl (C=O) groups is 2. The van der Waals surface area contributed by atoms with E-state index in [-0.39, 0.29) is 10.7 Å². The molecule has 1 aliphatic rings. The summed E-state index contributed by atoms with van der Waals surface area (Å²) >= 11 is 15.1. The van der Waals surface area contributed by atoms with E-state index in [1.165, 1.54) is 34.1 Å². The second kappa shape index (κ2) is 11.5. The predicted octanol–water partition coefficient (Wildman–Crippen LogP) is 7.32. The summed E-state index contributed by atoms with van der Waals surface area (Å²) in [7, 11) is 0. The van der Waals surface area contributed by atoms with Crippen LogP contribution in [-0.2, 0) is 15.3 Å². The van der Waals surface area contributed by atoms with Crippen molar-refractivity contribution >= 4 is 69.2 Å². The number of rotatable bonds is 8. The molecular formula is C28H19Cl2N3O3S2. The molecule has 3 aromatic carbocycles. The fourth-order valence-corrected chi connectivity index (χ4v) is 6.34. The highest BCUT2D eigenvalue weighted by molar-refractivity contribution is 8.00. The SMILES string of the molecule is O=C(C=Cc1ccccc1)C1=C(O)C(=O)N(c2nnc(SCc3ccccc3Cl)s2)C1c1cccc(Cl)c1. The molecule has 1 aromatic heterocycles. The number of anilines is 1. The van der Waals surface area contributed by atoms with Crippen molar-refractivity contribution < 1.29 is 14.7 Å². The Hall–Kier alpha value is -3.43. The Morgan fingerprint density at radius 1 is 1.03 bits per heavy atom. The number of benzene rings is 3. The molecule has 0 radical (unpaired) electrons. The van der Waals surface area contributed by atoms with Gasteiger partial charge in [0.15, 0.2) is 15.9 Å². The molecule has 190 valence electrons. The summed E-state index contributed by atoms with van der Waals surface area (Å²) in [6.07, 6.45) is 2.99. The van der Waals surface area contributed by atoms with Gasteiger partial charge >= 0.3 is 0 Å².